The molecule has 0 aliphatic carbocycles. The molecule has 1 aliphatic rings. The molecule has 0 amide bonds. The summed E-state index contributed by atoms with van der Waals surface area (Å²) < 4.78 is 8.13. The van der Waals surface area contributed by atoms with Crippen molar-refractivity contribution in [3.05, 3.63) is 47.3 Å². The van der Waals surface area contributed by atoms with Crippen molar-refractivity contribution in [1.82, 2.24) is 14.7 Å². The number of nitrogens with zero attached hydrogens (tertiary/aromatic N) is 3. The standard InChI is InChI=1S/C18H25N3O/c1-13-6-5-7-17(8-13)22-18-11-20(12-18)16(4)10-21-15(3)9-14(2)19-21/h5-9,16,18H,10-12H2,1-4H3/t16-/m0/s1. The van der Waals surface area contributed by atoms with E-state index in [1.807, 2.05) is 19.1 Å². The minimum Gasteiger partial charge on any atom is -0.488 e. The van der Waals surface area contributed by atoms with Gasteiger partial charge in [0.25, 0.3) is 0 Å². The van der Waals surface area contributed by atoms with E-state index in [2.05, 4.69) is 53.7 Å². The minimum absolute atomic E-state index is 0.310. The molecule has 2 aromatic rings. The second kappa shape index (κ2) is 6.13. The zero-order chi connectivity index (χ0) is 15.7. The van der Waals surface area contributed by atoms with Gasteiger partial charge in [0.1, 0.15) is 11.9 Å². The van der Waals surface area contributed by atoms with Gasteiger partial charge in [-0.2, -0.15) is 5.10 Å². The summed E-state index contributed by atoms with van der Waals surface area (Å²) in [6.07, 6.45) is 0.310. The molecule has 0 unspecified atom stereocenters. The normalized spacial score (nSPS) is 17.3. The lowest BCUT2D eigenvalue weighted by atomic mass is 10.1. The van der Waals surface area contributed by atoms with E-state index in [9.17, 15) is 0 Å². The Hall–Kier alpha value is -1.81. The molecule has 118 valence electrons. The fourth-order valence-electron chi connectivity index (χ4n) is 3.01. The van der Waals surface area contributed by atoms with Crippen LogP contribution in [-0.4, -0.2) is 39.9 Å². The van der Waals surface area contributed by atoms with Crippen LogP contribution < -0.4 is 4.74 Å². The van der Waals surface area contributed by atoms with Gasteiger partial charge in [-0.3, -0.25) is 9.58 Å². The first kappa shape index (κ1) is 15.1. The summed E-state index contributed by atoms with van der Waals surface area (Å²) in [6.45, 7) is 11.4. The fraction of sp³-hybridized carbons (Fsp3) is 0.500. The molecule has 0 bridgehead atoms. The van der Waals surface area contributed by atoms with Crippen LogP contribution in [0.1, 0.15) is 23.9 Å². The lowest BCUT2D eigenvalue weighted by molar-refractivity contribution is -0.00960. The second-order valence-corrected chi connectivity index (χ2v) is 6.47. The highest BCUT2D eigenvalue weighted by atomic mass is 16.5. The number of hydrogen-bond acceptors (Lipinski definition) is 3. The first-order chi connectivity index (χ1) is 10.5. The van der Waals surface area contributed by atoms with Gasteiger partial charge in [0.05, 0.1) is 12.2 Å². The van der Waals surface area contributed by atoms with Crippen LogP contribution in [0.15, 0.2) is 30.3 Å². The van der Waals surface area contributed by atoms with Gasteiger partial charge < -0.3 is 4.74 Å². The molecule has 4 heteroatoms. The van der Waals surface area contributed by atoms with E-state index >= 15 is 0 Å². The van der Waals surface area contributed by atoms with Crippen LogP contribution in [0.25, 0.3) is 0 Å². The number of hydrogen-bond donors (Lipinski definition) is 0. The number of aromatic nitrogens is 2. The summed E-state index contributed by atoms with van der Waals surface area (Å²) in [4.78, 5) is 2.46. The summed E-state index contributed by atoms with van der Waals surface area (Å²) in [5, 5.41) is 4.55. The second-order valence-electron chi connectivity index (χ2n) is 6.47. The lowest BCUT2D eigenvalue weighted by Gasteiger charge is -2.42. The number of rotatable bonds is 5. The first-order valence-corrected chi connectivity index (χ1v) is 7.99. The van der Waals surface area contributed by atoms with E-state index in [0.29, 0.717) is 12.1 Å². The van der Waals surface area contributed by atoms with E-state index in [4.69, 9.17) is 4.74 Å². The topological polar surface area (TPSA) is 30.3 Å². The van der Waals surface area contributed by atoms with E-state index < -0.39 is 0 Å². The van der Waals surface area contributed by atoms with Gasteiger partial charge >= 0.3 is 0 Å². The largest absolute Gasteiger partial charge is 0.488 e. The van der Waals surface area contributed by atoms with Gasteiger partial charge in [-0.25, -0.2) is 0 Å². The summed E-state index contributed by atoms with van der Waals surface area (Å²) in [5.41, 5.74) is 3.57. The van der Waals surface area contributed by atoms with Crippen molar-refractivity contribution in [1.29, 1.82) is 0 Å². The number of benzene rings is 1. The van der Waals surface area contributed by atoms with Gasteiger partial charge in [-0.05, 0) is 51.5 Å². The van der Waals surface area contributed by atoms with Gasteiger partial charge in [0.15, 0.2) is 0 Å². The van der Waals surface area contributed by atoms with Crippen molar-refractivity contribution in [3.8, 4) is 5.75 Å². The molecule has 2 heterocycles. The molecule has 1 fully saturated rings. The van der Waals surface area contributed by atoms with Gasteiger partial charge in [0.2, 0.25) is 0 Å². The average Bonchev–Trinajstić information content (AvgIpc) is 2.71. The van der Waals surface area contributed by atoms with E-state index in [0.717, 1.165) is 31.1 Å². The van der Waals surface area contributed by atoms with Gasteiger partial charge in [0, 0.05) is 24.8 Å². The molecule has 0 spiro atoms. The Morgan fingerprint density at radius 3 is 2.64 bits per heavy atom. The maximum atomic E-state index is 6.03. The quantitative estimate of drug-likeness (QED) is 0.850. The molecule has 3 rings (SSSR count). The predicted molar refractivity (Wildman–Crippen MR) is 88.3 cm³/mol. The van der Waals surface area contributed by atoms with Crippen LogP contribution in [0.4, 0.5) is 0 Å². The first-order valence-electron chi connectivity index (χ1n) is 7.99. The fourth-order valence-corrected chi connectivity index (χ4v) is 3.01. The summed E-state index contributed by atoms with van der Waals surface area (Å²) in [6, 6.07) is 10.9. The van der Waals surface area contributed by atoms with E-state index in [1.54, 1.807) is 0 Å². The Morgan fingerprint density at radius 1 is 1.23 bits per heavy atom. The maximum absolute atomic E-state index is 6.03. The van der Waals surface area contributed by atoms with Crippen LogP contribution >= 0.6 is 0 Å². The Balaban J connectivity index is 1.49. The van der Waals surface area contributed by atoms with Crippen molar-refractivity contribution < 1.29 is 4.74 Å². The third kappa shape index (κ3) is 3.33. The monoisotopic (exact) mass is 299 g/mol. The van der Waals surface area contributed by atoms with Gasteiger partial charge in [-0.15, -0.1) is 0 Å². The number of ether oxygens (including phenoxy) is 1. The van der Waals surface area contributed by atoms with Crippen molar-refractivity contribution in [3.63, 3.8) is 0 Å². The highest BCUT2D eigenvalue weighted by Gasteiger charge is 2.32. The molecule has 0 saturated carbocycles. The molecule has 4 nitrogen and oxygen atoms in total. The lowest BCUT2D eigenvalue weighted by Crippen LogP contribution is -2.57. The van der Waals surface area contributed by atoms with Crippen LogP contribution in [0, 0.1) is 20.8 Å². The molecule has 1 aromatic heterocycles. The molecular weight excluding hydrogens is 274 g/mol. The Kier molecular flexibility index (Phi) is 4.21. The smallest absolute Gasteiger partial charge is 0.124 e. The summed E-state index contributed by atoms with van der Waals surface area (Å²) >= 11 is 0. The Bertz CT molecular complexity index is 644. The Labute approximate surface area is 132 Å². The van der Waals surface area contributed by atoms with Crippen molar-refractivity contribution in [2.24, 2.45) is 0 Å². The highest BCUT2D eigenvalue weighted by molar-refractivity contribution is 5.27. The molecule has 0 radical (unpaired) electrons. The molecule has 1 saturated heterocycles. The van der Waals surface area contributed by atoms with Crippen molar-refractivity contribution in [2.45, 2.75) is 46.4 Å². The van der Waals surface area contributed by atoms with Crippen molar-refractivity contribution >= 4 is 0 Å². The van der Waals surface area contributed by atoms with E-state index in [1.165, 1.54) is 11.3 Å². The molecule has 22 heavy (non-hydrogen) atoms. The number of aryl methyl sites for hydroxylation is 3. The van der Waals surface area contributed by atoms with Crippen LogP contribution in [0.2, 0.25) is 0 Å². The van der Waals surface area contributed by atoms with E-state index in [-0.39, 0.29) is 0 Å². The average molecular weight is 299 g/mol. The zero-order valence-electron chi connectivity index (χ0n) is 13.9. The van der Waals surface area contributed by atoms with Gasteiger partial charge in [-0.1, -0.05) is 12.1 Å². The molecule has 1 aliphatic heterocycles. The SMILES string of the molecule is Cc1cccc(OC2CN([C@@H](C)Cn3nc(C)cc3C)C2)c1. The molecule has 1 aromatic carbocycles. The zero-order valence-corrected chi connectivity index (χ0v) is 13.9. The maximum Gasteiger partial charge on any atom is 0.124 e. The summed E-state index contributed by atoms with van der Waals surface area (Å²) in [5.74, 6) is 0.982. The minimum atomic E-state index is 0.310. The van der Waals surface area contributed by atoms with Crippen molar-refractivity contribution in [2.75, 3.05) is 13.1 Å². The van der Waals surface area contributed by atoms with Crippen LogP contribution in [0.5, 0.6) is 5.75 Å². The third-order valence-corrected chi connectivity index (χ3v) is 4.33. The predicted octanol–water partition coefficient (Wildman–Crippen LogP) is 2.96. The Morgan fingerprint density at radius 2 is 2.00 bits per heavy atom. The highest BCUT2D eigenvalue weighted by Crippen LogP contribution is 2.21. The third-order valence-electron chi connectivity index (χ3n) is 4.33. The van der Waals surface area contributed by atoms with Crippen LogP contribution in [-0.2, 0) is 6.54 Å². The number of likely N-dealkylation sites (tertiary alicyclic amines) is 1. The molecular formula is C18H25N3O. The molecule has 1 atom stereocenters. The summed E-state index contributed by atoms with van der Waals surface area (Å²) in [7, 11) is 0. The molecule has 0 N–H and O–H groups in total. The van der Waals surface area contributed by atoms with Crippen LogP contribution in [0.3, 0.4) is 0 Å².